The van der Waals surface area contributed by atoms with E-state index in [-0.39, 0.29) is 17.5 Å². The number of ether oxygens (including phenoxy) is 1. The quantitative estimate of drug-likeness (QED) is 0.345. The van der Waals surface area contributed by atoms with Crippen LogP contribution in [0.1, 0.15) is 0 Å². The van der Waals surface area contributed by atoms with Crippen molar-refractivity contribution in [2.45, 2.75) is 30.7 Å². The first-order chi connectivity index (χ1) is 10.2. The molecule has 11 heteroatoms. The Morgan fingerprint density at radius 1 is 1.36 bits per heavy atom. The van der Waals surface area contributed by atoms with Crippen molar-refractivity contribution in [1.82, 2.24) is 10.2 Å². The second kappa shape index (κ2) is 7.05. The Morgan fingerprint density at radius 3 is 2.32 bits per heavy atom. The second-order valence-electron chi connectivity index (χ2n) is 4.40. The lowest BCUT2D eigenvalue weighted by Gasteiger charge is -2.24. The fourth-order valence-corrected chi connectivity index (χ4v) is 1.83. The van der Waals surface area contributed by atoms with Gasteiger partial charge < -0.3 is 25.4 Å². The minimum atomic E-state index is -5.06. The third-order valence-corrected chi connectivity index (χ3v) is 2.99. The van der Waals surface area contributed by atoms with Crippen LogP contribution in [0.4, 0.5) is 13.2 Å². The van der Waals surface area contributed by atoms with Gasteiger partial charge in [-0.2, -0.15) is 13.2 Å². The normalized spacial score (nSPS) is 29.3. The van der Waals surface area contributed by atoms with E-state index in [1.807, 2.05) is 0 Å². The monoisotopic (exact) mass is 328 g/mol. The zero-order valence-corrected chi connectivity index (χ0v) is 11.3. The number of likely N-dealkylation sites (N-methyl/N-ethyl adjacent to an activating group) is 1. The van der Waals surface area contributed by atoms with Gasteiger partial charge in [0.1, 0.15) is 23.9 Å². The molecular weight excluding hydrogens is 313 g/mol. The van der Waals surface area contributed by atoms with Crippen molar-refractivity contribution < 1.29 is 42.8 Å². The topological polar surface area (TPSA) is 119 Å². The van der Waals surface area contributed by atoms with Gasteiger partial charge in [-0.1, -0.05) is 0 Å². The van der Waals surface area contributed by atoms with Gasteiger partial charge in [0, 0.05) is 13.2 Å². The summed E-state index contributed by atoms with van der Waals surface area (Å²) in [6, 6.07) is 0. The summed E-state index contributed by atoms with van der Waals surface area (Å²) >= 11 is 0. The molecule has 4 atom stereocenters. The van der Waals surface area contributed by atoms with Crippen molar-refractivity contribution in [3.8, 4) is 0 Å². The number of carbonyl (C=O) groups excluding carboxylic acids is 2. The van der Waals surface area contributed by atoms with Crippen LogP contribution in [-0.4, -0.2) is 76.9 Å². The average molecular weight is 328 g/mol. The number of aliphatic hydroxyl groups is 3. The molecule has 126 valence electrons. The molecule has 0 aromatic carbocycles. The van der Waals surface area contributed by atoms with Crippen molar-refractivity contribution in [2.75, 3.05) is 13.7 Å². The predicted octanol–water partition coefficient (Wildman–Crippen LogP) is -1.92. The third kappa shape index (κ3) is 3.74. The average Bonchev–Trinajstić information content (AvgIpc) is 2.74. The summed E-state index contributed by atoms with van der Waals surface area (Å²) in [4.78, 5) is 22.5. The van der Waals surface area contributed by atoms with Crippen molar-refractivity contribution in [1.29, 1.82) is 0 Å². The Bertz CT molecular complexity index is 456. The molecule has 2 amide bonds. The highest BCUT2D eigenvalue weighted by Gasteiger charge is 2.46. The van der Waals surface area contributed by atoms with Crippen LogP contribution < -0.4 is 5.32 Å². The summed E-state index contributed by atoms with van der Waals surface area (Å²) < 4.78 is 43.3. The fourth-order valence-electron chi connectivity index (χ4n) is 1.83. The lowest BCUT2D eigenvalue weighted by Crippen LogP contribution is -2.42. The maximum atomic E-state index is 12.8. The van der Waals surface area contributed by atoms with Crippen molar-refractivity contribution in [3.05, 3.63) is 11.8 Å². The van der Waals surface area contributed by atoms with Crippen molar-refractivity contribution in [2.24, 2.45) is 0 Å². The summed E-state index contributed by atoms with van der Waals surface area (Å²) in [5.74, 6) is -1.49. The second-order valence-corrected chi connectivity index (χ2v) is 4.40. The Balaban J connectivity index is 3.12. The Labute approximate surface area is 122 Å². The van der Waals surface area contributed by atoms with Gasteiger partial charge in [-0.3, -0.25) is 14.5 Å². The molecule has 1 saturated heterocycles. The molecule has 0 bridgehead atoms. The smallest absolute Gasteiger partial charge is 0.394 e. The molecule has 0 spiro atoms. The van der Waals surface area contributed by atoms with Gasteiger partial charge in [0.2, 0.25) is 6.41 Å². The first-order valence-electron chi connectivity index (χ1n) is 6.03. The lowest BCUT2D eigenvalue weighted by atomic mass is 10.1. The van der Waals surface area contributed by atoms with Crippen LogP contribution >= 0.6 is 0 Å². The van der Waals surface area contributed by atoms with E-state index in [2.05, 4.69) is 0 Å². The number of nitrogens with one attached hydrogen (secondary N) is 1. The van der Waals surface area contributed by atoms with E-state index in [0.717, 1.165) is 7.05 Å². The molecule has 0 radical (unpaired) electrons. The lowest BCUT2D eigenvalue weighted by molar-refractivity contribution is -0.136. The first kappa shape index (κ1) is 18.4. The number of rotatable bonds is 5. The molecule has 0 aliphatic carbocycles. The minimum Gasteiger partial charge on any atom is -0.394 e. The highest BCUT2D eigenvalue weighted by molar-refractivity contribution is 5.94. The number of amides is 2. The number of carbonyl (C=O) groups is 2. The molecule has 8 nitrogen and oxygen atoms in total. The molecule has 0 saturated carbocycles. The zero-order chi connectivity index (χ0) is 17.1. The molecule has 4 N–H and O–H groups in total. The molecule has 1 rings (SSSR count). The van der Waals surface area contributed by atoms with Crippen LogP contribution in [0.5, 0.6) is 0 Å². The molecule has 1 aliphatic heterocycles. The standard InChI is InChI=1S/C11H15F3N2O6/c1-15-9(21)5(11(12,13)14)2-16(4-18)10-8(20)7(19)6(3-17)22-10/h2,4,6-8,10,17,19-20H,3H2,1H3,(H,15,21)/b5-2+/t6-,7?,8?,10-/m1/s1. The summed E-state index contributed by atoms with van der Waals surface area (Å²) in [6.07, 6.45) is -11.3. The van der Waals surface area contributed by atoms with Crippen LogP contribution in [0.15, 0.2) is 11.8 Å². The molecular formula is C11H15F3N2O6. The summed E-state index contributed by atoms with van der Waals surface area (Å²) in [5, 5.41) is 29.9. The van der Waals surface area contributed by atoms with Gasteiger partial charge in [0.15, 0.2) is 6.23 Å². The van der Waals surface area contributed by atoms with E-state index < -0.39 is 48.8 Å². The first-order valence-corrected chi connectivity index (χ1v) is 6.03. The maximum Gasteiger partial charge on any atom is 0.423 e. The molecule has 0 aromatic heterocycles. The Kier molecular flexibility index (Phi) is 5.88. The van der Waals surface area contributed by atoms with Gasteiger partial charge >= 0.3 is 6.18 Å². The number of nitrogens with zero attached hydrogens (tertiary/aromatic N) is 1. The summed E-state index contributed by atoms with van der Waals surface area (Å²) in [5.41, 5.74) is -1.69. The van der Waals surface area contributed by atoms with Gasteiger partial charge in [-0.15, -0.1) is 0 Å². The van der Waals surface area contributed by atoms with Gasteiger partial charge in [-0.25, -0.2) is 0 Å². The number of hydrogen-bond donors (Lipinski definition) is 4. The van der Waals surface area contributed by atoms with Crippen LogP contribution in [-0.2, 0) is 14.3 Å². The molecule has 22 heavy (non-hydrogen) atoms. The summed E-state index contributed by atoms with van der Waals surface area (Å²) in [6.45, 7) is -0.716. The van der Waals surface area contributed by atoms with E-state index >= 15 is 0 Å². The van der Waals surface area contributed by atoms with Crippen LogP contribution in [0, 0.1) is 0 Å². The zero-order valence-electron chi connectivity index (χ0n) is 11.3. The largest absolute Gasteiger partial charge is 0.423 e. The summed E-state index contributed by atoms with van der Waals surface area (Å²) in [7, 11) is 0.972. The van der Waals surface area contributed by atoms with E-state index in [4.69, 9.17) is 9.84 Å². The third-order valence-electron chi connectivity index (χ3n) is 2.99. The number of alkyl halides is 3. The van der Waals surface area contributed by atoms with E-state index in [9.17, 15) is 33.0 Å². The molecule has 0 aromatic rings. The Morgan fingerprint density at radius 2 is 1.95 bits per heavy atom. The SMILES string of the molecule is CNC(=O)/C(=C\N(C=O)[C@@H]1O[C@H](CO)C(O)C1O)C(F)(F)F. The minimum absolute atomic E-state index is 0.102. The van der Waals surface area contributed by atoms with Gasteiger partial charge in [-0.05, 0) is 0 Å². The van der Waals surface area contributed by atoms with Crippen LogP contribution in [0.25, 0.3) is 0 Å². The number of hydrogen-bond acceptors (Lipinski definition) is 6. The Hall–Kier alpha value is -1.69. The van der Waals surface area contributed by atoms with E-state index in [0.29, 0.717) is 0 Å². The fraction of sp³-hybridized carbons (Fsp3) is 0.636. The number of halogens is 3. The molecule has 1 heterocycles. The van der Waals surface area contributed by atoms with Crippen molar-refractivity contribution in [3.63, 3.8) is 0 Å². The molecule has 1 aliphatic rings. The maximum absolute atomic E-state index is 12.8. The van der Waals surface area contributed by atoms with Crippen LogP contribution in [0.2, 0.25) is 0 Å². The van der Waals surface area contributed by atoms with Crippen molar-refractivity contribution >= 4 is 12.3 Å². The van der Waals surface area contributed by atoms with Crippen LogP contribution in [0.3, 0.4) is 0 Å². The predicted molar refractivity (Wildman–Crippen MR) is 63.9 cm³/mol. The van der Waals surface area contributed by atoms with Gasteiger partial charge in [0.25, 0.3) is 5.91 Å². The van der Waals surface area contributed by atoms with E-state index in [1.165, 1.54) is 0 Å². The number of aliphatic hydroxyl groups excluding tert-OH is 3. The highest BCUT2D eigenvalue weighted by atomic mass is 19.4. The van der Waals surface area contributed by atoms with E-state index in [1.54, 1.807) is 5.32 Å². The van der Waals surface area contributed by atoms with Gasteiger partial charge in [0.05, 0.1) is 6.61 Å². The molecule has 1 fully saturated rings. The molecule has 2 unspecified atom stereocenters. The highest BCUT2D eigenvalue weighted by Crippen LogP contribution is 2.29.